The van der Waals surface area contributed by atoms with E-state index in [2.05, 4.69) is 27.8 Å². The Morgan fingerprint density at radius 1 is 0.891 bits per heavy atom. The largest absolute Gasteiger partial charge is 0.480 e. The first-order valence-electron chi connectivity index (χ1n) is 15.4. The Morgan fingerprint density at radius 3 is 2.30 bits per heavy atom. The molecule has 0 aromatic heterocycles. The Balaban J connectivity index is 1.24. The van der Waals surface area contributed by atoms with Crippen LogP contribution in [0.2, 0.25) is 0 Å². The molecule has 12 nitrogen and oxygen atoms in total. The molecule has 2 aliphatic heterocycles. The zero-order valence-corrected chi connectivity index (χ0v) is 26.0. The number of para-hydroxylation sites is 1. The van der Waals surface area contributed by atoms with Crippen LogP contribution in [0.5, 0.6) is 0 Å². The number of carboxylic acids is 1. The molecule has 2 aliphatic rings. The van der Waals surface area contributed by atoms with Crippen LogP contribution in [0.1, 0.15) is 62.6 Å². The molecular formula is C34H39N5O7. The van der Waals surface area contributed by atoms with E-state index in [-0.39, 0.29) is 31.2 Å². The number of carbonyl (C=O) groups is 6. The van der Waals surface area contributed by atoms with E-state index in [1.54, 1.807) is 11.8 Å². The Morgan fingerprint density at radius 2 is 1.57 bits per heavy atom. The molecule has 0 saturated carbocycles. The van der Waals surface area contributed by atoms with Gasteiger partial charge >= 0.3 is 5.97 Å². The maximum Gasteiger partial charge on any atom is 0.326 e. The van der Waals surface area contributed by atoms with Crippen LogP contribution in [0.25, 0.3) is 0 Å². The lowest BCUT2D eigenvalue weighted by Crippen LogP contribution is -2.54. The van der Waals surface area contributed by atoms with E-state index >= 15 is 0 Å². The minimum absolute atomic E-state index is 0.0892. The molecule has 0 radical (unpaired) electrons. The Kier molecular flexibility index (Phi) is 11.5. The highest BCUT2D eigenvalue weighted by molar-refractivity contribution is 5.97. The first kappa shape index (κ1) is 33.7. The third-order valence-electron chi connectivity index (χ3n) is 8.27. The smallest absolute Gasteiger partial charge is 0.326 e. The quantitative estimate of drug-likeness (QED) is 0.259. The molecule has 0 aliphatic carbocycles. The molecule has 1 fully saturated rings. The van der Waals surface area contributed by atoms with Gasteiger partial charge in [0.15, 0.2) is 0 Å². The number of anilines is 1. The summed E-state index contributed by atoms with van der Waals surface area (Å²) in [5.41, 5.74) is 3.09. The number of amides is 5. The van der Waals surface area contributed by atoms with Crippen molar-refractivity contribution in [2.75, 3.05) is 24.5 Å². The molecule has 5 amide bonds. The van der Waals surface area contributed by atoms with E-state index in [0.29, 0.717) is 43.6 Å². The molecule has 2 aromatic rings. The number of likely N-dealkylation sites (tertiary alicyclic amines) is 1. The van der Waals surface area contributed by atoms with Crippen LogP contribution in [0, 0.1) is 17.8 Å². The maximum atomic E-state index is 13.3. The van der Waals surface area contributed by atoms with Gasteiger partial charge in [-0.1, -0.05) is 62.4 Å². The second kappa shape index (κ2) is 15.7. The van der Waals surface area contributed by atoms with Crippen molar-refractivity contribution >= 4 is 41.2 Å². The van der Waals surface area contributed by atoms with Crippen molar-refractivity contribution in [2.24, 2.45) is 5.92 Å². The zero-order chi connectivity index (χ0) is 33.2. The monoisotopic (exact) mass is 629 g/mol. The minimum Gasteiger partial charge on any atom is -0.480 e. The number of fused-ring (bicyclic) bond motifs is 2. The van der Waals surface area contributed by atoms with Gasteiger partial charge in [-0.15, -0.1) is 0 Å². The van der Waals surface area contributed by atoms with Gasteiger partial charge in [-0.25, -0.2) is 4.79 Å². The van der Waals surface area contributed by atoms with E-state index in [0.717, 1.165) is 11.1 Å². The fourth-order valence-corrected chi connectivity index (χ4v) is 5.44. The van der Waals surface area contributed by atoms with E-state index in [9.17, 15) is 33.9 Å². The Bertz CT molecular complexity index is 1560. The Labute approximate surface area is 267 Å². The van der Waals surface area contributed by atoms with Crippen molar-refractivity contribution in [1.82, 2.24) is 20.9 Å². The fraction of sp³-hybridized carbons (Fsp3) is 0.412. The van der Waals surface area contributed by atoms with Crippen LogP contribution in [0.15, 0.2) is 48.5 Å². The van der Waals surface area contributed by atoms with Crippen LogP contribution in [-0.4, -0.2) is 77.2 Å². The van der Waals surface area contributed by atoms with Crippen LogP contribution < -0.4 is 20.9 Å². The van der Waals surface area contributed by atoms with Gasteiger partial charge in [0, 0.05) is 30.5 Å². The standard InChI is InChI=1S/C34H39N5O7/c1-3-22(2)32(34(45)46)37-33(44)27-13-8-18-38(27)31(43)20-36-29(41)19-35-28(40)16-17-30(42)39-21-25-11-5-4-9-23(25)14-15-24-10-6-7-12-26(24)39/h4-7,9-12,22,27,32H,3,8,13,16-21H2,1-2H3,(H,35,40)(H,36,41)(H,37,44)(H,45,46)/t22-,27-,32-/m0/s1. The molecule has 46 heavy (non-hydrogen) atoms. The molecule has 3 atom stereocenters. The molecule has 4 rings (SSSR count). The predicted octanol–water partition coefficient (Wildman–Crippen LogP) is 1.55. The number of rotatable bonds is 12. The highest BCUT2D eigenvalue weighted by Gasteiger charge is 2.36. The van der Waals surface area contributed by atoms with Crippen molar-refractivity contribution in [2.45, 2.75) is 64.6 Å². The number of aliphatic carboxylic acids is 1. The average molecular weight is 630 g/mol. The molecule has 0 bridgehead atoms. The van der Waals surface area contributed by atoms with Crippen LogP contribution in [-0.2, 0) is 35.3 Å². The molecule has 0 spiro atoms. The number of hydrogen-bond donors (Lipinski definition) is 4. The SMILES string of the molecule is CC[C@H](C)[C@H](NC(=O)[C@@H]1CCCN1C(=O)CNC(=O)CNC(=O)CCC(=O)N1Cc2ccccc2C#Cc2ccccc21)C(=O)O. The summed E-state index contributed by atoms with van der Waals surface area (Å²) in [5, 5.41) is 17.0. The van der Waals surface area contributed by atoms with Crippen molar-refractivity contribution < 1.29 is 33.9 Å². The van der Waals surface area contributed by atoms with Gasteiger partial charge in [-0.05, 0) is 42.5 Å². The van der Waals surface area contributed by atoms with Gasteiger partial charge in [0.2, 0.25) is 29.5 Å². The molecule has 0 unspecified atom stereocenters. The normalized spacial score (nSPS) is 16.3. The second-order valence-electron chi connectivity index (χ2n) is 11.4. The first-order chi connectivity index (χ1) is 22.1. The molecule has 1 saturated heterocycles. The average Bonchev–Trinajstić information content (AvgIpc) is 3.55. The van der Waals surface area contributed by atoms with Gasteiger partial charge in [0.25, 0.3) is 0 Å². The van der Waals surface area contributed by atoms with Crippen molar-refractivity contribution in [3.05, 3.63) is 65.2 Å². The molecule has 4 N–H and O–H groups in total. The summed E-state index contributed by atoms with van der Waals surface area (Å²) in [6.45, 7) is 3.38. The fourth-order valence-electron chi connectivity index (χ4n) is 5.44. The lowest BCUT2D eigenvalue weighted by Gasteiger charge is -2.27. The van der Waals surface area contributed by atoms with Crippen molar-refractivity contribution in [3.8, 4) is 11.8 Å². The van der Waals surface area contributed by atoms with E-state index in [4.69, 9.17) is 0 Å². The number of benzene rings is 2. The summed E-state index contributed by atoms with van der Waals surface area (Å²) in [6.07, 6.45) is 1.28. The van der Waals surface area contributed by atoms with Crippen LogP contribution >= 0.6 is 0 Å². The van der Waals surface area contributed by atoms with Gasteiger partial charge in [0.1, 0.15) is 12.1 Å². The summed E-state index contributed by atoms with van der Waals surface area (Å²) in [5.74, 6) is 2.47. The summed E-state index contributed by atoms with van der Waals surface area (Å²) >= 11 is 0. The first-order valence-corrected chi connectivity index (χ1v) is 15.4. The third kappa shape index (κ3) is 8.50. The van der Waals surface area contributed by atoms with E-state index < -0.39 is 48.2 Å². The Hall–Kier alpha value is -5.18. The van der Waals surface area contributed by atoms with Gasteiger partial charge in [0.05, 0.1) is 25.3 Å². The zero-order valence-electron chi connectivity index (χ0n) is 26.0. The molecular weight excluding hydrogens is 590 g/mol. The van der Waals surface area contributed by atoms with Crippen molar-refractivity contribution in [3.63, 3.8) is 0 Å². The second-order valence-corrected chi connectivity index (χ2v) is 11.4. The lowest BCUT2D eigenvalue weighted by molar-refractivity contribution is -0.145. The minimum atomic E-state index is -1.14. The third-order valence-corrected chi connectivity index (χ3v) is 8.27. The summed E-state index contributed by atoms with van der Waals surface area (Å²) in [4.78, 5) is 78.5. The number of nitrogens with one attached hydrogen (secondary N) is 3. The summed E-state index contributed by atoms with van der Waals surface area (Å²) in [7, 11) is 0. The van der Waals surface area contributed by atoms with E-state index in [1.165, 1.54) is 4.90 Å². The van der Waals surface area contributed by atoms with Crippen LogP contribution in [0.4, 0.5) is 5.69 Å². The molecule has 242 valence electrons. The number of hydrogen-bond acceptors (Lipinski definition) is 6. The molecule has 2 heterocycles. The van der Waals surface area contributed by atoms with Gasteiger partial charge in [-0.3, -0.25) is 24.0 Å². The molecule has 2 aromatic carbocycles. The highest BCUT2D eigenvalue weighted by Crippen LogP contribution is 2.26. The molecule has 12 heteroatoms. The number of carboxylic acid groups (broad SMARTS) is 1. The summed E-state index contributed by atoms with van der Waals surface area (Å²) < 4.78 is 0. The topological polar surface area (TPSA) is 165 Å². The van der Waals surface area contributed by atoms with E-state index in [1.807, 2.05) is 55.5 Å². The van der Waals surface area contributed by atoms with Gasteiger partial charge < -0.3 is 30.9 Å². The number of carbonyl (C=O) groups excluding carboxylic acids is 5. The predicted molar refractivity (Wildman–Crippen MR) is 169 cm³/mol. The maximum absolute atomic E-state index is 13.3. The van der Waals surface area contributed by atoms with Crippen LogP contribution in [0.3, 0.4) is 0 Å². The summed E-state index contributed by atoms with van der Waals surface area (Å²) in [6, 6.07) is 13.0. The number of nitrogens with zero attached hydrogens (tertiary/aromatic N) is 2. The lowest BCUT2D eigenvalue weighted by atomic mass is 9.99. The van der Waals surface area contributed by atoms with Gasteiger partial charge in [-0.2, -0.15) is 0 Å². The van der Waals surface area contributed by atoms with Crippen molar-refractivity contribution in [1.29, 1.82) is 0 Å². The highest BCUT2D eigenvalue weighted by atomic mass is 16.4.